The summed E-state index contributed by atoms with van der Waals surface area (Å²) >= 11 is 0. The molecule has 4 heteroatoms. The fraction of sp³-hybridized carbons (Fsp3) is 0.500. The average molecular weight is 169 g/mol. The highest BCUT2D eigenvalue weighted by Gasteiger charge is 2.46. The molecular formula is C8H9O4. The molecule has 4 nitrogen and oxygen atoms in total. The largest absolute Gasteiger partial charge is 0.298 e. The Morgan fingerprint density at radius 2 is 1.17 bits per heavy atom. The van der Waals surface area contributed by atoms with E-state index in [0.717, 1.165) is 20.8 Å². The molecule has 0 rings (SSSR count). The first kappa shape index (κ1) is 10.7. The van der Waals surface area contributed by atoms with Crippen LogP contribution >= 0.6 is 0 Å². The van der Waals surface area contributed by atoms with Crippen molar-refractivity contribution in [2.24, 2.45) is 5.41 Å². The van der Waals surface area contributed by atoms with E-state index in [1.807, 2.05) is 0 Å². The molecule has 0 unspecified atom stereocenters. The number of ketones is 3. The number of carbonyl (C=O) groups excluding carboxylic acids is 4. The predicted octanol–water partition coefficient (Wildman–Crippen LogP) is -0.150. The van der Waals surface area contributed by atoms with Crippen molar-refractivity contribution in [1.82, 2.24) is 0 Å². The zero-order valence-corrected chi connectivity index (χ0v) is 7.13. The number of hydrogen-bond acceptors (Lipinski definition) is 4. The van der Waals surface area contributed by atoms with Crippen LogP contribution in [-0.4, -0.2) is 23.6 Å². The lowest BCUT2D eigenvalue weighted by molar-refractivity contribution is -0.141. The lowest BCUT2D eigenvalue weighted by Gasteiger charge is -2.16. The quantitative estimate of drug-likeness (QED) is 0.549. The molecule has 0 aliphatic carbocycles. The van der Waals surface area contributed by atoms with Gasteiger partial charge in [0.1, 0.15) is 0 Å². The second kappa shape index (κ2) is 3.38. The van der Waals surface area contributed by atoms with E-state index in [0.29, 0.717) is 0 Å². The fourth-order valence-corrected chi connectivity index (χ4v) is 0.959. The van der Waals surface area contributed by atoms with Gasteiger partial charge in [-0.05, 0) is 20.8 Å². The molecule has 0 saturated carbocycles. The normalized spacial score (nSPS) is 10.6. The van der Waals surface area contributed by atoms with E-state index in [1.54, 1.807) is 0 Å². The highest BCUT2D eigenvalue weighted by molar-refractivity contribution is 6.33. The minimum Gasteiger partial charge on any atom is -0.298 e. The maximum atomic E-state index is 10.9. The summed E-state index contributed by atoms with van der Waals surface area (Å²) in [5.74, 6) is -2.34. The number of hydrogen-bond donors (Lipinski definition) is 0. The summed E-state index contributed by atoms with van der Waals surface area (Å²) in [6.07, 6.45) is 1.22. The van der Waals surface area contributed by atoms with Crippen molar-refractivity contribution in [2.75, 3.05) is 0 Å². The van der Waals surface area contributed by atoms with E-state index in [9.17, 15) is 19.2 Å². The molecule has 1 radical (unpaired) electrons. The Bertz CT molecular complexity index is 216. The van der Waals surface area contributed by atoms with Gasteiger partial charge in [0.05, 0.1) is 0 Å². The molecule has 0 aromatic carbocycles. The summed E-state index contributed by atoms with van der Waals surface area (Å²) in [4.78, 5) is 43.0. The molecule has 0 fully saturated rings. The van der Waals surface area contributed by atoms with Gasteiger partial charge in [0.25, 0.3) is 0 Å². The van der Waals surface area contributed by atoms with Crippen molar-refractivity contribution in [3.8, 4) is 0 Å². The van der Waals surface area contributed by atoms with Crippen LogP contribution in [0.1, 0.15) is 20.8 Å². The molecule has 0 heterocycles. The monoisotopic (exact) mass is 169 g/mol. The number of carbonyl (C=O) groups is 3. The highest BCUT2D eigenvalue weighted by Crippen LogP contribution is 2.18. The maximum absolute atomic E-state index is 10.9. The summed E-state index contributed by atoms with van der Waals surface area (Å²) in [5, 5.41) is 0. The van der Waals surface area contributed by atoms with Crippen LogP contribution in [0, 0.1) is 5.41 Å². The Hall–Kier alpha value is -1.32. The lowest BCUT2D eigenvalue weighted by atomic mass is 9.78. The van der Waals surface area contributed by atoms with E-state index < -0.39 is 22.8 Å². The van der Waals surface area contributed by atoms with Gasteiger partial charge in [-0.2, -0.15) is 0 Å². The van der Waals surface area contributed by atoms with E-state index in [-0.39, 0.29) is 0 Å². The van der Waals surface area contributed by atoms with Crippen molar-refractivity contribution in [2.45, 2.75) is 20.8 Å². The molecule has 0 spiro atoms. The van der Waals surface area contributed by atoms with E-state index >= 15 is 0 Å². The molecule has 0 N–H and O–H groups in total. The zero-order chi connectivity index (χ0) is 9.94. The Labute approximate surface area is 69.9 Å². The molecule has 0 aliphatic heterocycles. The Balaban J connectivity index is 5.33. The van der Waals surface area contributed by atoms with Crippen molar-refractivity contribution in [3.05, 3.63) is 0 Å². The Morgan fingerprint density at radius 3 is 1.17 bits per heavy atom. The van der Waals surface area contributed by atoms with Gasteiger partial charge in [-0.25, -0.2) is 0 Å². The van der Waals surface area contributed by atoms with Crippen LogP contribution in [0.25, 0.3) is 0 Å². The molecule has 12 heavy (non-hydrogen) atoms. The van der Waals surface area contributed by atoms with Gasteiger partial charge >= 0.3 is 0 Å². The maximum Gasteiger partial charge on any atom is 0.228 e. The molecule has 65 valence electrons. The summed E-state index contributed by atoms with van der Waals surface area (Å²) < 4.78 is 0. The van der Waals surface area contributed by atoms with Crippen LogP contribution in [0.2, 0.25) is 0 Å². The van der Waals surface area contributed by atoms with Gasteiger partial charge in [0, 0.05) is 0 Å². The van der Waals surface area contributed by atoms with Gasteiger partial charge in [0.15, 0.2) is 17.3 Å². The third-order valence-corrected chi connectivity index (χ3v) is 1.74. The van der Waals surface area contributed by atoms with Crippen molar-refractivity contribution in [1.29, 1.82) is 0 Å². The van der Waals surface area contributed by atoms with Crippen LogP contribution in [0.5, 0.6) is 0 Å². The smallest absolute Gasteiger partial charge is 0.228 e. The van der Waals surface area contributed by atoms with Crippen molar-refractivity contribution in [3.63, 3.8) is 0 Å². The fourth-order valence-electron chi connectivity index (χ4n) is 0.959. The lowest BCUT2D eigenvalue weighted by Crippen LogP contribution is -2.44. The van der Waals surface area contributed by atoms with Crippen LogP contribution in [0.3, 0.4) is 0 Å². The molecule has 0 bridgehead atoms. The molecular weight excluding hydrogens is 160 g/mol. The van der Waals surface area contributed by atoms with Gasteiger partial charge < -0.3 is 0 Å². The first-order chi connectivity index (χ1) is 5.39. The summed E-state index contributed by atoms with van der Waals surface area (Å²) in [5.41, 5.74) is -2.18. The minimum absolute atomic E-state index is 0.780. The van der Waals surface area contributed by atoms with Gasteiger partial charge in [-0.15, -0.1) is 0 Å². The highest BCUT2D eigenvalue weighted by atomic mass is 16.2. The second-order valence-corrected chi connectivity index (χ2v) is 2.52. The van der Waals surface area contributed by atoms with Crippen LogP contribution in [0.4, 0.5) is 0 Å². The van der Waals surface area contributed by atoms with Crippen LogP contribution in [-0.2, 0) is 19.2 Å². The summed E-state index contributed by atoms with van der Waals surface area (Å²) in [6.45, 7) is 3.06. The topological polar surface area (TPSA) is 68.3 Å². The molecule has 0 aliphatic rings. The first-order valence-corrected chi connectivity index (χ1v) is 3.32. The zero-order valence-electron chi connectivity index (χ0n) is 7.13. The Morgan fingerprint density at radius 1 is 0.917 bits per heavy atom. The first-order valence-electron chi connectivity index (χ1n) is 3.32. The number of rotatable bonds is 4. The number of Topliss-reactive ketones (excluding diaryl/α,β-unsaturated/α-hetero) is 3. The van der Waals surface area contributed by atoms with E-state index in [4.69, 9.17) is 0 Å². The van der Waals surface area contributed by atoms with Gasteiger partial charge in [0.2, 0.25) is 11.7 Å². The van der Waals surface area contributed by atoms with Crippen LogP contribution < -0.4 is 0 Å². The minimum atomic E-state index is -2.18. The molecule has 0 atom stereocenters. The third-order valence-electron chi connectivity index (χ3n) is 1.74. The van der Waals surface area contributed by atoms with Crippen molar-refractivity contribution < 1.29 is 19.2 Å². The molecule has 0 amide bonds. The summed E-state index contributed by atoms with van der Waals surface area (Å²) in [6, 6.07) is 0. The van der Waals surface area contributed by atoms with Crippen LogP contribution in [0.15, 0.2) is 0 Å². The van der Waals surface area contributed by atoms with Gasteiger partial charge in [-0.1, -0.05) is 0 Å². The van der Waals surface area contributed by atoms with Crippen molar-refractivity contribution >= 4 is 23.6 Å². The van der Waals surface area contributed by atoms with E-state index in [1.165, 1.54) is 6.29 Å². The van der Waals surface area contributed by atoms with E-state index in [2.05, 4.69) is 0 Å². The SMILES string of the molecule is CC(=O)C([C]=O)(C(C)=O)C(C)=O. The predicted molar refractivity (Wildman–Crippen MR) is 40.2 cm³/mol. The van der Waals surface area contributed by atoms with Gasteiger partial charge in [-0.3, -0.25) is 19.2 Å². The average Bonchev–Trinajstić information content (AvgIpc) is 1.86. The molecule has 0 aromatic heterocycles. The third kappa shape index (κ3) is 1.32. The summed E-state index contributed by atoms with van der Waals surface area (Å²) in [7, 11) is 0. The second-order valence-electron chi connectivity index (χ2n) is 2.52. The Kier molecular flexibility index (Phi) is 3.01. The molecule has 0 aromatic rings. The standard InChI is InChI=1S/C8H9O4/c1-5(10)8(4-9,6(2)11)7(3)12/h1-3H3. The molecule has 0 saturated heterocycles.